The zero-order valence-electron chi connectivity index (χ0n) is 12.9. The normalized spacial score (nSPS) is 12.9. The highest BCUT2D eigenvalue weighted by Gasteiger charge is 2.19. The number of amides is 1. The van der Waals surface area contributed by atoms with Crippen LogP contribution in [0.25, 0.3) is 6.08 Å². The Balaban J connectivity index is 3.37. The topological polar surface area (TPSA) is 43.1 Å². The molecule has 0 unspecified atom stereocenters. The van der Waals surface area contributed by atoms with Crippen LogP contribution in [0.1, 0.15) is 58.2 Å². The van der Waals surface area contributed by atoms with E-state index in [2.05, 4.69) is 59.7 Å². The third-order valence-electron chi connectivity index (χ3n) is 3.13. The van der Waals surface area contributed by atoms with E-state index in [-0.39, 0.29) is 10.8 Å². The zero-order chi connectivity index (χ0) is 14.8. The summed E-state index contributed by atoms with van der Waals surface area (Å²) in [6, 6.07) is 6.49. The van der Waals surface area contributed by atoms with Gasteiger partial charge in [-0.15, -0.1) is 0 Å². The van der Waals surface area contributed by atoms with Gasteiger partial charge in [0.1, 0.15) is 0 Å². The first-order chi connectivity index (χ1) is 8.50. The van der Waals surface area contributed by atoms with E-state index >= 15 is 0 Å². The van der Waals surface area contributed by atoms with Gasteiger partial charge in [-0.3, -0.25) is 4.79 Å². The van der Waals surface area contributed by atoms with Gasteiger partial charge in [0, 0.05) is 6.08 Å². The Morgan fingerprint density at radius 1 is 0.947 bits per heavy atom. The summed E-state index contributed by atoms with van der Waals surface area (Å²) in [6.07, 6.45) is 3.20. The maximum atomic E-state index is 10.9. The van der Waals surface area contributed by atoms with E-state index in [1.54, 1.807) is 6.08 Å². The Morgan fingerprint density at radius 3 is 1.68 bits per heavy atom. The van der Waals surface area contributed by atoms with Crippen LogP contribution in [0.2, 0.25) is 0 Å². The smallest absolute Gasteiger partial charge is 0.241 e. The first-order valence-electron chi connectivity index (χ1n) is 6.64. The SMILES string of the molecule is CC(C)(C)c1cc(C=CC(N)=O)cc(C(C)(C)C)c1. The fraction of sp³-hybridized carbons (Fsp3) is 0.471. The van der Waals surface area contributed by atoms with Crippen LogP contribution in [-0.2, 0) is 15.6 Å². The Labute approximate surface area is 116 Å². The fourth-order valence-corrected chi connectivity index (χ4v) is 1.79. The molecule has 0 aromatic heterocycles. The molecule has 0 heterocycles. The van der Waals surface area contributed by atoms with E-state index in [4.69, 9.17) is 5.73 Å². The molecule has 2 nitrogen and oxygen atoms in total. The monoisotopic (exact) mass is 259 g/mol. The van der Waals surface area contributed by atoms with Crippen molar-refractivity contribution in [2.45, 2.75) is 52.4 Å². The fourth-order valence-electron chi connectivity index (χ4n) is 1.79. The van der Waals surface area contributed by atoms with E-state index in [1.807, 2.05) is 0 Å². The minimum atomic E-state index is -0.418. The maximum absolute atomic E-state index is 10.9. The lowest BCUT2D eigenvalue weighted by molar-refractivity contribution is -0.113. The Bertz CT molecular complexity index is 467. The second-order valence-corrected chi connectivity index (χ2v) is 7.08. The Kier molecular flexibility index (Phi) is 4.24. The summed E-state index contributed by atoms with van der Waals surface area (Å²) < 4.78 is 0. The highest BCUT2D eigenvalue weighted by atomic mass is 16.1. The molecular formula is C17H25NO. The molecule has 104 valence electrons. The first-order valence-corrected chi connectivity index (χ1v) is 6.64. The molecule has 2 N–H and O–H groups in total. The molecule has 19 heavy (non-hydrogen) atoms. The summed E-state index contributed by atoms with van der Waals surface area (Å²) in [5, 5.41) is 0. The van der Waals surface area contributed by atoms with Gasteiger partial charge in [0.15, 0.2) is 0 Å². The van der Waals surface area contributed by atoms with Crippen molar-refractivity contribution in [1.29, 1.82) is 0 Å². The summed E-state index contributed by atoms with van der Waals surface area (Å²) in [6.45, 7) is 13.1. The van der Waals surface area contributed by atoms with E-state index in [9.17, 15) is 4.79 Å². The minimum Gasteiger partial charge on any atom is -0.366 e. The van der Waals surface area contributed by atoms with Crippen LogP contribution < -0.4 is 5.73 Å². The van der Waals surface area contributed by atoms with E-state index in [0.717, 1.165) is 5.56 Å². The van der Waals surface area contributed by atoms with Gasteiger partial charge < -0.3 is 5.73 Å². The summed E-state index contributed by atoms with van der Waals surface area (Å²) in [5.74, 6) is -0.418. The summed E-state index contributed by atoms with van der Waals surface area (Å²) in [4.78, 5) is 10.9. The molecule has 0 bridgehead atoms. The largest absolute Gasteiger partial charge is 0.366 e. The summed E-state index contributed by atoms with van der Waals surface area (Å²) in [5.41, 5.74) is 8.88. The molecule has 0 aliphatic heterocycles. The quantitative estimate of drug-likeness (QED) is 0.807. The van der Waals surface area contributed by atoms with Gasteiger partial charge >= 0.3 is 0 Å². The molecule has 0 radical (unpaired) electrons. The predicted octanol–water partition coefficient (Wildman–Crippen LogP) is 3.78. The number of hydrogen-bond acceptors (Lipinski definition) is 1. The van der Waals surface area contributed by atoms with Crippen molar-refractivity contribution in [1.82, 2.24) is 0 Å². The van der Waals surface area contributed by atoms with Crippen LogP contribution in [0.5, 0.6) is 0 Å². The molecule has 0 atom stereocenters. The van der Waals surface area contributed by atoms with Crippen molar-refractivity contribution in [3.8, 4) is 0 Å². The number of carbonyl (C=O) groups is 1. The summed E-state index contributed by atoms with van der Waals surface area (Å²) in [7, 11) is 0. The molecule has 0 aliphatic rings. The molecule has 1 aromatic carbocycles. The van der Waals surface area contributed by atoms with Gasteiger partial charge in [-0.25, -0.2) is 0 Å². The second kappa shape index (κ2) is 5.20. The van der Waals surface area contributed by atoms with E-state index in [1.165, 1.54) is 17.2 Å². The number of carbonyl (C=O) groups excluding carboxylic acids is 1. The van der Waals surface area contributed by atoms with E-state index < -0.39 is 5.91 Å². The molecular weight excluding hydrogens is 234 g/mol. The molecule has 0 aliphatic carbocycles. The molecule has 2 heteroatoms. The predicted molar refractivity (Wildman–Crippen MR) is 82.1 cm³/mol. The third-order valence-corrected chi connectivity index (χ3v) is 3.13. The van der Waals surface area contributed by atoms with Crippen LogP contribution in [-0.4, -0.2) is 5.91 Å². The van der Waals surface area contributed by atoms with Crippen molar-refractivity contribution >= 4 is 12.0 Å². The van der Waals surface area contributed by atoms with Crippen LogP contribution in [0, 0.1) is 0 Å². The van der Waals surface area contributed by atoms with Crippen LogP contribution in [0.4, 0.5) is 0 Å². The molecule has 1 rings (SSSR count). The van der Waals surface area contributed by atoms with Crippen LogP contribution >= 0.6 is 0 Å². The van der Waals surface area contributed by atoms with Crippen molar-refractivity contribution in [2.75, 3.05) is 0 Å². The summed E-state index contributed by atoms with van der Waals surface area (Å²) >= 11 is 0. The van der Waals surface area contributed by atoms with E-state index in [0.29, 0.717) is 0 Å². The second-order valence-electron chi connectivity index (χ2n) is 7.08. The van der Waals surface area contributed by atoms with Crippen molar-refractivity contribution < 1.29 is 4.79 Å². The number of hydrogen-bond donors (Lipinski definition) is 1. The zero-order valence-corrected chi connectivity index (χ0v) is 12.9. The van der Waals surface area contributed by atoms with Gasteiger partial charge in [0.05, 0.1) is 0 Å². The lowest BCUT2D eigenvalue weighted by Gasteiger charge is -2.25. The molecule has 1 aromatic rings. The first kappa shape index (κ1) is 15.5. The van der Waals surface area contributed by atoms with Crippen LogP contribution in [0.15, 0.2) is 24.3 Å². The van der Waals surface area contributed by atoms with Gasteiger partial charge in [0.2, 0.25) is 5.91 Å². The molecule has 0 fully saturated rings. The lowest BCUT2D eigenvalue weighted by Crippen LogP contribution is -2.16. The highest BCUT2D eigenvalue weighted by molar-refractivity contribution is 5.90. The van der Waals surface area contributed by atoms with Crippen molar-refractivity contribution in [2.24, 2.45) is 5.73 Å². The van der Waals surface area contributed by atoms with Crippen molar-refractivity contribution in [3.05, 3.63) is 41.0 Å². The van der Waals surface area contributed by atoms with Crippen LogP contribution in [0.3, 0.4) is 0 Å². The average Bonchev–Trinajstić information content (AvgIpc) is 2.23. The third kappa shape index (κ3) is 4.55. The number of benzene rings is 1. The molecule has 1 amide bonds. The molecule has 0 spiro atoms. The van der Waals surface area contributed by atoms with Gasteiger partial charge in [0.25, 0.3) is 0 Å². The molecule has 0 saturated heterocycles. The number of primary amides is 1. The Hall–Kier alpha value is -1.57. The van der Waals surface area contributed by atoms with Gasteiger partial charge in [-0.2, -0.15) is 0 Å². The lowest BCUT2D eigenvalue weighted by atomic mass is 9.79. The maximum Gasteiger partial charge on any atom is 0.241 e. The molecule has 0 saturated carbocycles. The number of nitrogens with two attached hydrogens (primary N) is 1. The van der Waals surface area contributed by atoms with Gasteiger partial charge in [-0.1, -0.05) is 59.7 Å². The highest BCUT2D eigenvalue weighted by Crippen LogP contribution is 2.30. The minimum absolute atomic E-state index is 0.0799. The van der Waals surface area contributed by atoms with Gasteiger partial charge in [-0.05, 0) is 33.6 Å². The average molecular weight is 259 g/mol. The number of rotatable bonds is 2. The van der Waals surface area contributed by atoms with Crippen molar-refractivity contribution in [3.63, 3.8) is 0 Å². The standard InChI is InChI=1S/C17H25NO/c1-16(2,3)13-9-12(7-8-15(18)19)10-14(11-13)17(4,5)6/h7-11H,1-6H3,(H2,18,19). The Morgan fingerprint density at radius 2 is 1.37 bits per heavy atom.